The third-order valence-corrected chi connectivity index (χ3v) is 9.50. The fourth-order valence-corrected chi connectivity index (χ4v) is 6.71. The molecule has 2 nitrogen and oxygen atoms in total. The zero-order valence-electron chi connectivity index (χ0n) is 27.8. The van der Waals surface area contributed by atoms with E-state index in [4.69, 9.17) is 0 Å². The van der Waals surface area contributed by atoms with E-state index < -0.39 is 0 Å². The first kappa shape index (κ1) is 43.5. The molecule has 0 unspecified atom stereocenters. The lowest BCUT2D eigenvalue weighted by atomic mass is 10.0. The van der Waals surface area contributed by atoms with Crippen LogP contribution in [-0.4, -0.2) is 43.8 Å². The molecule has 0 atom stereocenters. The highest BCUT2D eigenvalue weighted by Crippen LogP contribution is 2.18. The van der Waals surface area contributed by atoms with Crippen LogP contribution in [0.15, 0.2) is 0 Å². The summed E-state index contributed by atoms with van der Waals surface area (Å²) in [6.45, 7) is 12.8. The number of unbranched alkanes of at least 4 members (excludes halogenated alkanes) is 26. The molecule has 0 aromatic rings. The number of hydrogen-bond donors (Lipinski definition) is 1. The summed E-state index contributed by atoms with van der Waals surface area (Å²) in [5.41, 5.74) is 0. The van der Waals surface area contributed by atoms with E-state index in [0.29, 0.717) is 0 Å². The van der Waals surface area contributed by atoms with Crippen LogP contribution in [0, 0.1) is 0 Å². The summed E-state index contributed by atoms with van der Waals surface area (Å²) in [4.78, 5) is 0. The quantitative estimate of drug-likeness (QED) is 0.0436. The molecule has 0 amide bonds. The molecule has 1 saturated heterocycles. The molecule has 1 fully saturated rings. The molecule has 4 heteroatoms. The van der Waals surface area contributed by atoms with Gasteiger partial charge in [0.1, 0.15) is 0 Å². The summed E-state index contributed by atoms with van der Waals surface area (Å²) in [6.07, 6.45) is 41.1. The summed E-state index contributed by atoms with van der Waals surface area (Å²) < 4.78 is 1.43. The van der Waals surface area contributed by atoms with Crippen molar-refractivity contribution in [2.75, 3.05) is 39.3 Å². The second-order valence-electron chi connectivity index (χ2n) is 13.2. The van der Waals surface area contributed by atoms with Gasteiger partial charge < -0.3 is 33.8 Å². The monoisotopic (exact) mass is 790 g/mol. The van der Waals surface area contributed by atoms with Gasteiger partial charge in [0.25, 0.3) is 0 Å². The highest BCUT2D eigenvalue weighted by atomic mass is 127. The minimum atomic E-state index is 0. The van der Waals surface area contributed by atoms with Crippen molar-refractivity contribution in [1.29, 1.82) is 0 Å². The van der Waals surface area contributed by atoms with Gasteiger partial charge in [-0.15, -0.1) is 24.0 Å². The number of quaternary nitrogens is 1. The summed E-state index contributed by atoms with van der Waals surface area (Å²) in [5.74, 6) is 0. The van der Waals surface area contributed by atoms with Crippen molar-refractivity contribution >= 4 is 24.0 Å². The van der Waals surface area contributed by atoms with Gasteiger partial charge in [-0.3, -0.25) is 0 Å². The van der Waals surface area contributed by atoms with Gasteiger partial charge in [-0.25, -0.2) is 0 Å². The maximum Gasteiger partial charge on any atom is 0.0913 e. The van der Waals surface area contributed by atoms with Crippen LogP contribution in [0.25, 0.3) is 0 Å². The molecule has 0 aromatic heterocycles. The smallest absolute Gasteiger partial charge is 0.0913 e. The van der Waals surface area contributed by atoms with Crippen molar-refractivity contribution < 1.29 is 28.5 Å². The van der Waals surface area contributed by atoms with E-state index in [1.165, 1.54) is 224 Å². The van der Waals surface area contributed by atoms with Gasteiger partial charge in [-0.05, 0) is 25.7 Å². The number of nitrogens with one attached hydrogen (secondary N) is 1. The Morgan fingerprint density at radius 1 is 0.375 bits per heavy atom. The Kier molecular flexibility index (Phi) is 37.9. The summed E-state index contributed by atoms with van der Waals surface area (Å²) >= 11 is 0. The number of nitrogens with zero attached hydrogens (tertiary/aromatic N) is 1. The summed E-state index contributed by atoms with van der Waals surface area (Å²) in [7, 11) is 0. The number of halogens is 2. The minimum absolute atomic E-state index is 0. The van der Waals surface area contributed by atoms with Crippen LogP contribution in [0.1, 0.15) is 194 Å². The van der Waals surface area contributed by atoms with Crippen LogP contribution in [-0.2, 0) is 0 Å². The summed E-state index contributed by atoms with van der Waals surface area (Å²) in [6, 6.07) is 0. The van der Waals surface area contributed by atoms with Gasteiger partial charge in [0.05, 0.1) is 26.2 Å². The molecular weight excluding hydrogens is 714 g/mol. The zero-order chi connectivity index (χ0) is 27.2. The third kappa shape index (κ3) is 28.2. The van der Waals surface area contributed by atoms with E-state index in [-0.39, 0.29) is 48.0 Å². The first-order valence-electron chi connectivity index (χ1n) is 18.4. The Hall–Kier alpha value is 1.38. The van der Waals surface area contributed by atoms with Gasteiger partial charge in [-0.2, -0.15) is 0 Å². The zero-order valence-corrected chi connectivity index (χ0v) is 32.3. The van der Waals surface area contributed by atoms with Gasteiger partial charge in [0.2, 0.25) is 0 Å². The molecule has 1 rings (SSSR count). The molecule has 1 N–H and O–H groups in total. The Morgan fingerprint density at radius 3 is 0.850 bits per heavy atom. The third-order valence-electron chi connectivity index (χ3n) is 9.50. The van der Waals surface area contributed by atoms with E-state index >= 15 is 0 Å². The minimum Gasteiger partial charge on any atom is -1.00 e. The molecule has 0 saturated carbocycles. The molecule has 40 heavy (non-hydrogen) atoms. The maximum absolute atomic E-state index is 3.63. The topological polar surface area (TPSA) is 12.0 Å². The Bertz CT molecular complexity index is 420. The number of piperazine rings is 1. The molecule has 1 aliphatic rings. The SMILES string of the molecule is CCCCCCCCCCCCCCCC[N+]1(CCCCCCCCCCCCCCCC)CCNCC1.I.[I-]. The predicted molar refractivity (Wildman–Crippen MR) is 189 cm³/mol. The van der Waals surface area contributed by atoms with Gasteiger partial charge >= 0.3 is 0 Å². The standard InChI is InChI=1S/C36H75N2.2HI/c1-3-5-7-9-11-13-15-17-19-21-23-25-27-29-33-38(35-31-37-32-36-38)34-30-28-26-24-22-20-18-16-14-12-10-8-6-4-2;;/h37H,3-36H2,1-2H3;2*1H/q+1;;/p-1. The number of rotatable bonds is 30. The fraction of sp³-hybridized carbons (Fsp3) is 1.00. The van der Waals surface area contributed by atoms with Crippen LogP contribution in [0.3, 0.4) is 0 Å². The maximum atomic E-state index is 3.63. The second-order valence-corrected chi connectivity index (χ2v) is 13.2. The van der Waals surface area contributed by atoms with Crippen molar-refractivity contribution in [3.63, 3.8) is 0 Å². The molecule has 1 heterocycles. The van der Waals surface area contributed by atoms with E-state index in [0.717, 1.165) is 0 Å². The van der Waals surface area contributed by atoms with Crippen molar-refractivity contribution in [2.45, 2.75) is 194 Å². The van der Waals surface area contributed by atoms with E-state index in [9.17, 15) is 0 Å². The molecule has 0 bridgehead atoms. The second kappa shape index (κ2) is 34.9. The number of hydrogen-bond acceptors (Lipinski definition) is 1. The Morgan fingerprint density at radius 2 is 0.600 bits per heavy atom. The van der Waals surface area contributed by atoms with Crippen LogP contribution in [0.4, 0.5) is 0 Å². The fourth-order valence-electron chi connectivity index (χ4n) is 6.71. The van der Waals surface area contributed by atoms with Gasteiger partial charge in [0.15, 0.2) is 0 Å². The van der Waals surface area contributed by atoms with Crippen molar-refractivity contribution in [1.82, 2.24) is 5.32 Å². The molecule has 0 radical (unpaired) electrons. The molecule has 0 aliphatic carbocycles. The average molecular weight is 791 g/mol. The average Bonchev–Trinajstić information content (AvgIpc) is 2.94. The molecule has 1 aliphatic heterocycles. The Labute approximate surface area is 288 Å². The van der Waals surface area contributed by atoms with E-state index in [2.05, 4.69) is 19.2 Å². The molecule has 0 aromatic carbocycles. The lowest BCUT2D eigenvalue weighted by Gasteiger charge is -2.42. The molecular formula is C36H76I2N2. The lowest BCUT2D eigenvalue weighted by Crippen LogP contribution is -3.00. The highest BCUT2D eigenvalue weighted by Gasteiger charge is 2.28. The van der Waals surface area contributed by atoms with Crippen LogP contribution >= 0.6 is 24.0 Å². The predicted octanol–water partition coefficient (Wildman–Crippen LogP) is 8.99. The Balaban J connectivity index is 0. The van der Waals surface area contributed by atoms with Gasteiger partial charge in [0, 0.05) is 13.1 Å². The van der Waals surface area contributed by atoms with Crippen molar-refractivity contribution in [3.8, 4) is 0 Å². The lowest BCUT2D eigenvalue weighted by molar-refractivity contribution is -0.930. The summed E-state index contributed by atoms with van der Waals surface area (Å²) in [5, 5.41) is 3.63. The highest BCUT2D eigenvalue weighted by molar-refractivity contribution is 14.0. The van der Waals surface area contributed by atoms with Crippen LogP contribution < -0.4 is 29.3 Å². The largest absolute Gasteiger partial charge is 1.00 e. The normalized spacial score (nSPS) is 14.6. The van der Waals surface area contributed by atoms with E-state index in [1.807, 2.05) is 0 Å². The first-order valence-corrected chi connectivity index (χ1v) is 18.4. The van der Waals surface area contributed by atoms with Crippen molar-refractivity contribution in [2.24, 2.45) is 0 Å². The van der Waals surface area contributed by atoms with Crippen LogP contribution in [0.2, 0.25) is 0 Å². The molecule has 244 valence electrons. The first-order chi connectivity index (χ1) is 18.8. The van der Waals surface area contributed by atoms with Gasteiger partial charge in [-0.1, -0.05) is 168 Å². The van der Waals surface area contributed by atoms with Crippen molar-refractivity contribution in [3.05, 3.63) is 0 Å². The van der Waals surface area contributed by atoms with E-state index in [1.54, 1.807) is 0 Å². The van der Waals surface area contributed by atoms with Crippen LogP contribution in [0.5, 0.6) is 0 Å². The molecule has 0 spiro atoms.